The summed E-state index contributed by atoms with van der Waals surface area (Å²) in [6.07, 6.45) is 4.78. The minimum atomic E-state index is 0. The number of nitrogens with zero attached hydrogens (tertiary/aromatic N) is 2. The van der Waals surface area contributed by atoms with Gasteiger partial charge in [0, 0.05) is 43.1 Å². The van der Waals surface area contributed by atoms with Gasteiger partial charge in [-0.25, -0.2) is 0 Å². The summed E-state index contributed by atoms with van der Waals surface area (Å²) < 4.78 is 6.05. The van der Waals surface area contributed by atoms with Crippen LogP contribution < -0.4 is 4.74 Å². The summed E-state index contributed by atoms with van der Waals surface area (Å²) in [7, 11) is 0. The second-order valence-corrected chi connectivity index (χ2v) is 6.40. The number of hydrogen-bond acceptors (Lipinski definition) is 3. The summed E-state index contributed by atoms with van der Waals surface area (Å²) in [5, 5.41) is 1.14. The first-order valence-corrected chi connectivity index (χ1v) is 8.63. The zero-order valence-electron chi connectivity index (χ0n) is 14.4. The molecular formula is C21H21ClN2O2. The number of carbonyl (C=O) groups excluding carboxylic acids is 1. The molecule has 1 aliphatic heterocycles. The average Bonchev–Trinajstić information content (AvgIpc) is 2.69. The van der Waals surface area contributed by atoms with Crippen molar-refractivity contribution >= 4 is 29.7 Å². The molecule has 26 heavy (non-hydrogen) atoms. The lowest BCUT2D eigenvalue weighted by Crippen LogP contribution is -2.37. The van der Waals surface area contributed by atoms with Crippen LogP contribution in [0.4, 0.5) is 0 Å². The summed E-state index contributed by atoms with van der Waals surface area (Å²) >= 11 is 0. The molecule has 4 nitrogen and oxygen atoms in total. The van der Waals surface area contributed by atoms with E-state index in [1.54, 1.807) is 4.90 Å². The van der Waals surface area contributed by atoms with E-state index in [2.05, 4.69) is 29.2 Å². The molecule has 3 aromatic rings. The molecule has 5 heteroatoms. The van der Waals surface area contributed by atoms with Crippen molar-refractivity contribution in [3.05, 3.63) is 60.8 Å². The Hall–Kier alpha value is -2.59. The third-order valence-electron chi connectivity index (χ3n) is 4.71. The molecule has 0 spiro atoms. The molecule has 0 N–H and O–H groups in total. The number of pyridine rings is 1. The molecule has 1 aliphatic rings. The molecule has 0 unspecified atom stereocenters. The summed E-state index contributed by atoms with van der Waals surface area (Å²) in [6.45, 7) is 1.55. The van der Waals surface area contributed by atoms with Gasteiger partial charge in [0.25, 0.3) is 0 Å². The van der Waals surface area contributed by atoms with Crippen LogP contribution in [0.2, 0.25) is 0 Å². The molecule has 1 fully saturated rings. The number of likely N-dealkylation sites (tertiary alicyclic amines) is 1. The first-order valence-electron chi connectivity index (χ1n) is 8.63. The molecule has 134 valence electrons. The first kappa shape index (κ1) is 18.2. The number of para-hydroxylation sites is 1. The molecule has 0 saturated carbocycles. The largest absolute Gasteiger partial charge is 0.490 e. The molecular weight excluding hydrogens is 348 g/mol. The molecule has 2 heterocycles. The van der Waals surface area contributed by atoms with Crippen molar-refractivity contribution in [1.29, 1.82) is 0 Å². The van der Waals surface area contributed by atoms with Gasteiger partial charge in [-0.05, 0) is 29.8 Å². The number of ether oxygens (including phenoxy) is 1. The lowest BCUT2D eigenvalue weighted by Gasteiger charge is -2.29. The highest BCUT2D eigenvalue weighted by atomic mass is 35.5. The Morgan fingerprint density at radius 1 is 1.00 bits per heavy atom. The summed E-state index contributed by atoms with van der Waals surface area (Å²) in [5.74, 6) is 0.877. The summed E-state index contributed by atoms with van der Waals surface area (Å²) in [6, 6.07) is 18.5. The average molecular weight is 369 g/mol. The minimum absolute atomic E-state index is 0. The van der Waals surface area contributed by atoms with E-state index >= 15 is 0 Å². The Balaban J connectivity index is 0.00000196. The van der Waals surface area contributed by atoms with Crippen LogP contribution in [0, 0.1) is 0 Å². The Kier molecular flexibility index (Phi) is 5.74. The lowest BCUT2D eigenvalue weighted by atomic mass is 10.1. The Morgan fingerprint density at radius 2 is 1.73 bits per heavy atom. The van der Waals surface area contributed by atoms with Gasteiger partial charge < -0.3 is 9.64 Å². The van der Waals surface area contributed by atoms with E-state index in [4.69, 9.17) is 4.74 Å². The van der Waals surface area contributed by atoms with Gasteiger partial charge in [0.15, 0.2) is 0 Å². The molecule has 1 saturated heterocycles. The molecule has 0 atom stereocenters. The molecule has 0 aliphatic carbocycles. The van der Waals surface area contributed by atoms with Crippen LogP contribution in [0.1, 0.15) is 12.8 Å². The molecule has 0 radical (unpaired) electrons. The van der Waals surface area contributed by atoms with Crippen LogP contribution in [-0.4, -0.2) is 35.5 Å². The van der Waals surface area contributed by atoms with E-state index in [0.29, 0.717) is 0 Å². The summed E-state index contributed by atoms with van der Waals surface area (Å²) in [4.78, 5) is 17.1. The maximum Gasteiger partial charge on any atom is 0.209 e. The molecule has 0 bridgehead atoms. The van der Waals surface area contributed by atoms with Gasteiger partial charge in [-0.2, -0.15) is 0 Å². The standard InChI is InChI=1S/C21H20N2O2.ClH/c24-15-23-11-9-20(10-12-23)25-19-7-5-16(6-8-19)18-13-17-3-1-2-4-21(17)22-14-18;/h1-8,13-15,20H,9-12H2;1H. The number of fused-ring (bicyclic) bond motifs is 1. The maximum atomic E-state index is 10.8. The number of hydrogen-bond donors (Lipinski definition) is 0. The van der Waals surface area contributed by atoms with E-state index < -0.39 is 0 Å². The predicted molar refractivity (Wildman–Crippen MR) is 106 cm³/mol. The number of carbonyl (C=O) groups is 1. The van der Waals surface area contributed by atoms with Gasteiger partial charge in [-0.15, -0.1) is 12.4 Å². The van der Waals surface area contributed by atoms with Crippen LogP contribution in [0.15, 0.2) is 60.8 Å². The van der Waals surface area contributed by atoms with E-state index in [1.165, 1.54) is 0 Å². The number of aromatic nitrogens is 1. The Morgan fingerprint density at radius 3 is 2.46 bits per heavy atom. The molecule has 1 amide bonds. The SMILES string of the molecule is Cl.O=CN1CCC(Oc2ccc(-c3cnc4ccccc4c3)cc2)CC1. The van der Waals surface area contributed by atoms with Gasteiger partial charge in [0.05, 0.1) is 5.52 Å². The van der Waals surface area contributed by atoms with Crippen LogP contribution in [-0.2, 0) is 4.79 Å². The van der Waals surface area contributed by atoms with E-state index in [0.717, 1.165) is 60.1 Å². The molecule has 1 aromatic heterocycles. The Labute approximate surface area is 159 Å². The van der Waals surface area contributed by atoms with Crippen molar-refractivity contribution in [2.75, 3.05) is 13.1 Å². The molecule has 2 aromatic carbocycles. The van der Waals surface area contributed by atoms with E-state index in [-0.39, 0.29) is 18.5 Å². The fraction of sp³-hybridized carbons (Fsp3) is 0.238. The zero-order chi connectivity index (χ0) is 17.1. The fourth-order valence-electron chi connectivity index (χ4n) is 3.25. The van der Waals surface area contributed by atoms with E-state index in [9.17, 15) is 4.79 Å². The normalized spacial score (nSPS) is 14.7. The van der Waals surface area contributed by atoms with Crippen molar-refractivity contribution in [3.8, 4) is 16.9 Å². The third-order valence-corrected chi connectivity index (χ3v) is 4.71. The minimum Gasteiger partial charge on any atom is -0.490 e. The second kappa shape index (κ2) is 8.19. The van der Waals surface area contributed by atoms with Crippen molar-refractivity contribution in [1.82, 2.24) is 9.88 Å². The number of benzene rings is 2. The van der Waals surface area contributed by atoms with Gasteiger partial charge in [0.1, 0.15) is 11.9 Å². The van der Waals surface area contributed by atoms with Crippen molar-refractivity contribution in [2.45, 2.75) is 18.9 Å². The predicted octanol–water partition coefficient (Wildman–Crippen LogP) is 4.32. The number of amides is 1. The lowest BCUT2D eigenvalue weighted by molar-refractivity contribution is -0.119. The second-order valence-electron chi connectivity index (χ2n) is 6.40. The van der Waals surface area contributed by atoms with Gasteiger partial charge in [-0.3, -0.25) is 9.78 Å². The highest BCUT2D eigenvalue weighted by Gasteiger charge is 2.19. The zero-order valence-corrected chi connectivity index (χ0v) is 15.2. The van der Waals surface area contributed by atoms with Gasteiger partial charge >= 0.3 is 0 Å². The quantitative estimate of drug-likeness (QED) is 0.644. The van der Waals surface area contributed by atoms with Crippen LogP contribution in [0.25, 0.3) is 22.0 Å². The van der Waals surface area contributed by atoms with Crippen LogP contribution >= 0.6 is 12.4 Å². The van der Waals surface area contributed by atoms with Crippen molar-refractivity contribution < 1.29 is 9.53 Å². The van der Waals surface area contributed by atoms with E-state index in [1.807, 2.05) is 36.5 Å². The highest BCUT2D eigenvalue weighted by molar-refractivity contribution is 5.85. The Bertz CT molecular complexity index is 875. The molecule has 4 rings (SSSR count). The topological polar surface area (TPSA) is 42.4 Å². The third kappa shape index (κ3) is 3.97. The number of piperidine rings is 1. The number of halogens is 1. The van der Waals surface area contributed by atoms with Gasteiger partial charge in [0.2, 0.25) is 6.41 Å². The van der Waals surface area contributed by atoms with Crippen molar-refractivity contribution in [2.24, 2.45) is 0 Å². The highest BCUT2D eigenvalue weighted by Crippen LogP contribution is 2.26. The fourth-order valence-corrected chi connectivity index (χ4v) is 3.25. The summed E-state index contributed by atoms with van der Waals surface area (Å²) in [5.41, 5.74) is 3.23. The van der Waals surface area contributed by atoms with Crippen LogP contribution in [0.5, 0.6) is 5.75 Å². The first-order chi connectivity index (χ1) is 12.3. The monoisotopic (exact) mass is 368 g/mol. The van der Waals surface area contributed by atoms with Crippen molar-refractivity contribution in [3.63, 3.8) is 0 Å². The maximum absolute atomic E-state index is 10.8. The smallest absolute Gasteiger partial charge is 0.209 e. The van der Waals surface area contributed by atoms with Crippen LogP contribution in [0.3, 0.4) is 0 Å². The number of rotatable bonds is 4. The van der Waals surface area contributed by atoms with Gasteiger partial charge in [-0.1, -0.05) is 30.3 Å².